The first-order chi connectivity index (χ1) is 9.08. The highest BCUT2D eigenvalue weighted by Crippen LogP contribution is 2.34. The summed E-state index contributed by atoms with van der Waals surface area (Å²) >= 11 is 0. The second-order valence-electron chi connectivity index (χ2n) is 4.81. The van der Waals surface area contributed by atoms with Gasteiger partial charge in [-0.1, -0.05) is 36.5 Å². The highest BCUT2D eigenvalue weighted by atomic mass is 19.2. The maximum Gasteiger partial charge on any atom is 0.129 e. The first-order valence-corrected chi connectivity index (χ1v) is 6.69. The van der Waals surface area contributed by atoms with Crippen molar-refractivity contribution in [3.63, 3.8) is 0 Å². The zero-order chi connectivity index (χ0) is 14.0. The van der Waals surface area contributed by atoms with Gasteiger partial charge in [0.15, 0.2) is 0 Å². The van der Waals surface area contributed by atoms with Gasteiger partial charge < -0.3 is 0 Å². The van der Waals surface area contributed by atoms with Gasteiger partial charge in [-0.05, 0) is 43.0 Å². The van der Waals surface area contributed by atoms with E-state index >= 15 is 0 Å². The van der Waals surface area contributed by atoms with E-state index in [9.17, 15) is 8.87 Å². The van der Waals surface area contributed by atoms with E-state index in [1.54, 1.807) is 18.2 Å². The standard InChI is InChI=1S/C16H19F2N/c1-4-12-9-11(3)16(14(17)10-12)15-8-6-7-13(5-2)19(15)18/h6-10,15H,4-5H2,1-3H3. The summed E-state index contributed by atoms with van der Waals surface area (Å²) in [6.07, 6.45) is 6.58. The molecule has 0 saturated heterocycles. The van der Waals surface area contributed by atoms with Crippen molar-refractivity contribution < 1.29 is 8.87 Å². The van der Waals surface area contributed by atoms with E-state index in [0.717, 1.165) is 17.5 Å². The van der Waals surface area contributed by atoms with Gasteiger partial charge in [0, 0.05) is 11.3 Å². The molecule has 1 aliphatic heterocycles. The molecule has 0 aliphatic carbocycles. The number of aryl methyl sites for hydroxylation is 2. The Labute approximate surface area is 113 Å². The minimum atomic E-state index is -0.661. The predicted molar refractivity (Wildman–Crippen MR) is 73.7 cm³/mol. The molecule has 1 unspecified atom stereocenters. The Bertz CT molecular complexity index is 509. The van der Waals surface area contributed by atoms with Crippen LogP contribution in [-0.4, -0.2) is 5.12 Å². The summed E-state index contributed by atoms with van der Waals surface area (Å²) in [7, 11) is 0. The molecule has 1 heterocycles. The Morgan fingerprint density at radius 2 is 1.95 bits per heavy atom. The van der Waals surface area contributed by atoms with E-state index in [2.05, 4.69) is 0 Å². The first-order valence-electron chi connectivity index (χ1n) is 6.69. The summed E-state index contributed by atoms with van der Waals surface area (Å²) in [6.45, 7) is 5.70. The molecule has 2 rings (SSSR count). The van der Waals surface area contributed by atoms with Gasteiger partial charge in [-0.3, -0.25) is 0 Å². The summed E-state index contributed by atoms with van der Waals surface area (Å²) in [5.74, 6) is -0.327. The number of nitrogens with zero attached hydrogens (tertiary/aromatic N) is 1. The maximum atomic E-state index is 14.3. The molecular formula is C16H19F2N. The number of hydrogen-bond donors (Lipinski definition) is 0. The van der Waals surface area contributed by atoms with Gasteiger partial charge in [0.25, 0.3) is 0 Å². The monoisotopic (exact) mass is 263 g/mol. The van der Waals surface area contributed by atoms with Gasteiger partial charge in [-0.2, -0.15) is 0 Å². The SMILES string of the molecule is CCC1=CC=CC(c2c(C)cc(CC)cc2F)N1F. The Morgan fingerprint density at radius 1 is 1.21 bits per heavy atom. The molecule has 0 radical (unpaired) electrons. The molecule has 0 amide bonds. The van der Waals surface area contributed by atoms with E-state index < -0.39 is 6.04 Å². The van der Waals surface area contributed by atoms with Crippen molar-refractivity contribution in [3.05, 3.63) is 58.6 Å². The maximum absolute atomic E-state index is 14.3. The van der Waals surface area contributed by atoms with Crippen LogP contribution >= 0.6 is 0 Å². The van der Waals surface area contributed by atoms with Crippen LogP contribution in [0.15, 0.2) is 36.1 Å². The van der Waals surface area contributed by atoms with Crippen molar-refractivity contribution in [1.29, 1.82) is 0 Å². The minimum Gasteiger partial charge on any atom is -0.207 e. The van der Waals surface area contributed by atoms with Gasteiger partial charge >= 0.3 is 0 Å². The lowest BCUT2D eigenvalue weighted by Gasteiger charge is -2.28. The molecule has 0 fully saturated rings. The van der Waals surface area contributed by atoms with Crippen LogP contribution in [-0.2, 0) is 6.42 Å². The van der Waals surface area contributed by atoms with Gasteiger partial charge in [0.1, 0.15) is 11.9 Å². The summed E-state index contributed by atoms with van der Waals surface area (Å²) < 4.78 is 28.5. The molecule has 1 aliphatic rings. The molecule has 1 nitrogen and oxygen atoms in total. The Morgan fingerprint density at radius 3 is 2.53 bits per heavy atom. The molecule has 102 valence electrons. The number of hydrogen-bond acceptors (Lipinski definition) is 1. The Balaban J connectivity index is 2.43. The van der Waals surface area contributed by atoms with Crippen molar-refractivity contribution in [2.45, 2.75) is 39.7 Å². The lowest BCUT2D eigenvalue weighted by atomic mass is 9.95. The number of halogens is 2. The summed E-state index contributed by atoms with van der Waals surface area (Å²) in [5, 5.41) is 0.664. The first kappa shape index (κ1) is 13.8. The third kappa shape index (κ3) is 2.55. The van der Waals surface area contributed by atoms with Gasteiger partial charge in [-0.25, -0.2) is 9.51 Å². The molecule has 0 aromatic heterocycles. The third-order valence-electron chi connectivity index (χ3n) is 3.56. The predicted octanol–water partition coefficient (Wildman–Crippen LogP) is 4.79. The van der Waals surface area contributed by atoms with Crippen LogP contribution in [0.3, 0.4) is 0 Å². The van der Waals surface area contributed by atoms with Crippen LogP contribution in [0.2, 0.25) is 0 Å². The average Bonchev–Trinajstić information content (AvgIpc) is 2.39. The highest BCUT2D eigenvalue weighted by molar-refractivity contribution is 5.39. The minimum absolute atomic E-state index is 0.327. The third-order valence-corrected chi connectivity index (χ3v) is 3.56. The lowest BCUT2D eigenvalue weighted by molar-refractivity contribution is 0.0312. The molecule has 0 spiro atoms. The molecule has 1 atom stereocenters. The summed E-state index contributed by atoms with van der Waals surface area (Å²) in [4.78, 5) is 0. The number of rotatable bonds is 3. The van der Waals surface area contributed by atoms with E-state index in [4.69, 9.17) is 0 Å². The van der Waals surface area contributed by atoms with Gasteiger partial charge in [0.2, 0.25) is 0 Å². The fourth-order valence-electron chi connectivity index (χ4n) is 2.48. The van der Waals surface area contributed by atoms with Crippen LogP contribution in [0.1, 0.15) is 43.0 Å². The topological polar surface area (TPSA) is 3.24 Å². The quantitative estimate of drug-likeness (QED) is 0.709. The second kappa shape index (κ2) is 5.55. The molecule has 0 bridgehead atoms. The van der Waals surface area contributed by atoms with Crippen molar-refractivity contribution in [2.24, 2.45) is 0 Å². The van der Waals surface area contributed by atoms with E-state index in [1.807, 2.05) is 26.8 Å². The molecule has 1 aromatic carbocycles. The zero-order valence-corrected chi connectivity index (χ0v) is 11.6. The molecule has 0 saturated carbocycles. The van der Waals surface area contributed by atoms with Gasteiger partial charge in [-0.15, -0.1) is 0 Å². The summed E-state index contributed by atoms with van der Waals surface area (Å²) in [5.41, 5.74) is 2.74. The number of benzene rings is 1. The number of allylic oxidation sites excluding steroid dienone is 3. The molecule has 19 heavy (non-hydrogen) atoms. The Kier molecular flexibility index (Phi) is 4.03. The van der Waals surface area contributed by atoms with Crippen molar-refractivity contribution >= 4 is 0 Å². The van der Waals surface area contributed by atoms with Crippen molar-refractivity contribution in [2.75, 3.05) is 0 Å². The molecule has 3 heteroatoms. The normalized spacial score (nSPS) is 18.7. The van der Waals surface area contributed by atoms with E-state index in [-0.39, 0.29) is 5.82 Å². The smallest absolute Gasteiger partial charge is 0.129 e. The van der Waals surface area contributed by atoms with Crippen LogP contribution in [0.5, 0.6) is 0 Å². The van der Waals surface area contributed by atoms with Crippen molar-refractivity contribution in [1.82, 2.24) is 5.12 Å². The van der Waals surface area contributed by atoms with Crippen LogP contribution in [0, 0.1) is 12.7 Å². The van der Waals surface area contributed by atoms with E-state index in [0.29, 0.717) is 22.8 Å². The van der Waals surface area contributed by atoms with Crippen LogP contribution < -0.4 is 0 Å². The second-order valence-corrected chi connectivity index (χ2v) is 4.81. The summed E-state index contributed by atoms with van der Waals surface area (Å²) in [6, 6.07) is 2.78. The largest absolute Gasteiger partial charge is 0.207 e. The average molecular weight is 263 g/mol. The molecular weight excluding hydrogens is 244 g/mol. The van der Waals surface area contributed by atoms with Gasteiger partial charge in [0.05, 0.1) is 0 Å². The van der Waals surface area contributed by atoms with Crippen LogP contribution in [0.4, 0.5) is 8.87 Å². The fourth-order valence-corrected chi connectivity index (χ4v) is 2.48. The van der Waals surface area contributed by atoms with Crippen LogP contribution in [0.25, 0.3) is 0 Å². The molecule has 1 aromatic rings. The lowest BCUT2D eigenvalue weighted by Crippen LogP contribution is -2.22. The Hall–Kier alpha value is -1.64. The fraction of sp³-hybridized carbons (Fsp3) is 0.375. The van der Waals surface area contributed by atoms with Crippen molar-refractivity contribution in [3.8, 4) is 0 Å². The highest BCUT2D eigenvalue weighted by Gasteiger charge is 2.26. The van der Waals surface area contributed by atoms with E-state index in [1.165, 1.54) is 6.07 Å². The molecule has 0 N–H and O–H groups in total. The zero-order valence-electron chi connectivity index (χ0n) is 11.6.